The molecule has 0 aliphatic carbocycles. The van der Waals surface area contributed by atoms with E-state index in [1.165, 1.54) is 75.3 Å². The second kappa shape index (κ2) is 15.2. The zero-order valence-corrected chi connectivity index (χ0v) is 28.2. The second-order valence-electron chi connectivity index (χ2n) is 10.8. The summed E-state index contributed by atoms with van der Waals surface area (Å²) in [5.74, 6) is 0.500. The molecule has 9 nitrogen and oxygen atoms in total. The van der Waals surface area contributed by atoms with Crippen molar-refractivity contribution in [2.75, 3.05) is 12.3 Å². The van der Waals surface area contributed by atoms with Crippen LogP contribution in [0.25, 0.3) is 22.8 Å². The van der Waals surface area contributed by atoms with Crippen LogP contribution in [0.1, 0.15) is 44.7 Å². The van der Waals surface area contributed by atoms with Gasteiger partial charge in [-0.3, -0.25) is 4.99 Å². The predicted molar refractivity (Wildman–Crippen MR) is 181 cm³/mol. The molecule has 0 atom stereocenters. The van der Waals surface area contributed by atoms with Crippen LogP contribution in [0.15, 0.2) is 87.8 Å². The Morgan fingerprint density at radius 3 is 2.42 bits per heavy atom. The third kappa shape index (κ3) is 8.50. The van der Waals surface area contributed by atoms with Gasteiger partial charge in [0.1, 0.15) is 17.9 Å². The number of hydrogen-bond acceptors (Lipinski definition) is 7. The number of amidine groups is 1. The van der Waals surface area contributed by atoms with Crippen molar-refractivity contribution in [2.24, 2.45) is 9.98 Å². The number of nitrogens with zero attached hydrogens (tertiary/aromatic N) is 7. The lowest BCUT2D eigenvalue weighted by atomic mass is 10.0. The van der Waals surface area contributed by atoms with Gasteiger partial charge in [-0.15, -0.1) is 18.3 Å². The summed E-state index contributed by atoms with van der Waals surface area (Å²) in [6.07, 6.45) is -2.64. The quantitative estimate of drug-likeness (QED) is 0.0862. The van der Waals surface area contributed by atoms with Crippen LogP contribution in [0.5, 0.6) is 5.75 Å². The lowest BCUT2D eigenvalue weighted by Gasteiger charge is -2.13. The lowest BCUT2D eigenvalue weighted by Crippen LogP contribution is -2.29. The summed E-state index contributed by atoms with van der Waals surface area (Å²) >= 11 is 2.68. The minimum absolute atomic E-state index is 0.0638. The molecule has 0 aliphatic rings. The predicted octanol–water partition coefficient (Wildman–Crippen LogP) is 7.38. The molecule has 5 aromatic rings. The summed E-state index contributed by atoms with van der Waals surface area (Å²) in [6.45, 7) is 8.78. The first-order valence-electron chi connectivity index (χ1n) is 15.2. The Labute approximate surface area is 282 Å². The smallest absolute Gasteiger partial charge is 0.406 e. The molecule has 3 aromatic carbocycles. The molecule has 15 heteroatoms. The van der Waals surface area contributed by atoms with Gasteiger partial charge < -0.3 is 4.74 Å². The van der Waals surface area contributed by atoms with Gasteiger partial charge in [0, 0.05) is 18.7 Å². The van der Waals surface area contributed by atoms with Crippen molar-refractivity contribution in [2.45, 2.75) is 52.9 Å². The number of ether oxygens (including phenoxy) is 1. The molecule has 0 saturated heterocycles. The van der Waals surface area contributed by atoms with Gasteiger partial charge in [0.15, 0.2) is 11.0 Å². The van der Waals surface area contributed by atoms with Crippen molar-refractivity contribution in [1.82, 2.24) is 23.3 Å². The Bertz CT molecular complexity index is 2010. The maximum Gasteiger partial charge on any atom is 0.573 e. The van der Waals surface area contributed by atoms with Crippen LogP contribution < -0.4 is 15.2 Å². The van der Waals surface area contributed by atoms with Gasteiger partial charge in [0.05, 0.1) is 11.4 Å². The van der Waals surface area contributed by atoms with Crippen LogP contribution in [-0.4, -0.2) is 47.1 Å². The van der Waals surface area contributed by atoms with Crippen LogP contribution in [-0.2, 0) is 13.0 Å². The van der Waals surface area contributed by atoms with E-state index in [2.05, 4.69) is 14.8 Å². The van der Waals surface area contributed by atoms with Gasteiger partial charge in [-0.1, -0.05) is 62.9 Å². The van der Waals surface area contributed by atoms with E-state index < -0.39 is 12.2 Å². The largest absolute Gasteiger partial charge is 0.573 e. The Kier molecular flexibility index (Phi) is 11.0. The molecule has 2 aromatic heterocycles. The van der Waals surface area contributed by atoms with Crippen molar-refractivity contribution in [3.8, 4) is 28.5 Å². The number of hydrogen-bond donors (Lipinski definition) is 0. The highest BCUT2D eigenvalue weighted by Crippen LogP contribution is 2.25. The number of aryl methyl sites for hydroxylation is 1. The minimum atomic E-state index is -4.76. The average molecular weight is 700 g/mol. The van der Waals surface area contributed by atoms with Gasteiger partial charge in [-0.05, 0) is 84.1 Å². The molecular weight excluding hydrogens is 667 g/mol. The summed E-state index contributed by atoms with van der Waals surface area (Å²) in [6, 6.07) is 17.5. The second-order valence-corrected chi connectivity index (χ2v) is 13.0. The molecule has 2 heterocycles. The molecular formula is C33H33F4N7O2S2. The van der Waals surface area contributed by atoms with Gasteiger partial charge in [0.2, 0.25) is 4.80 Å². The van der Waals surface area contributed by atoms with Crippen LogP contribution in [0.2, 0.25) is 0 Å². The SMILES string of the molecule is CCSC(=N\CCc1ccc(-c2ncn(-c3ccc(OC(F)(F)F)cc3)n2)cc1)/N=c1\sn(CC)c(=O)n1-c1cc(F)ccc1C(C)C. The van der Waals surface area contributed by atoms with Gasteiger partial charge in [-0.25, -0.2) is 27.4 Å². The number of rotatable bonds is 10. The van der Waals surface area contributed by atoms with Crippen LogP contribution in [0.3, 0.4) is 0 Å². The number of thioether (sulfide) groups is 1. The standard InChI is InChI=1S/C33H33F4N7O2S2/c1-5-43-32(45)44(28-19-24(34)11-16-27(28)21(3)4)31(48-43)40-30(47-6-2)38-18-17-22-7-9-23(10-8-22)29-39-20-42(41-29)25-12-14-26(15-13-25)46-33(35,36)37/h7-16,19-21H,5-6,17-18H2,1-4H3/b38-30-,40-31-. The molecule has 48 heavy (non-hydrogen) atoms. The van der Waals surface area contributed by atoms with E-state index >= 15 is 0 Å². The van der Waals surface area contributed by atoms with E-state index in [1.807, 2.05) is 52.0 Å². The maximum absolute atomic E-state index is 14.4. The van der Waals surface area contributed by atoms with E-state index in [9.17, 15) is 22.4 Å². The van der Waals surface area contributed by atoms with E-state index in [4.69, 9.17) is 9.98 Å². The first-order valence-corrected chi connectivity index (χ1v) is 16.9. The Morgan fingerprint density at radius 2 is 1.77 bits per heavy atom. The van der Waals surface area contributed by atoms with Gasteiger partial charge >= 0.3 is 12.1 Å². The molecule has 0 fully saturated rings. The molecule has 5 rings (SSSR count). The molecule has 0 unspecified atom stereocenters. The first kappa shape index (κ1) is 34.8. The molecule has 0 saturated carbocycles. The number of benzene rings is 3. The van der Waals surface area contributed by atoms with E-state index in [-0.39, 0.29) is 17.4 Å². The average Bonchev–Trinajstić information content (AvgIpc) is 3.65. The van der Waals surface area contributed by atoms with Crippen LogP contribution >= 0.6 is 23.3 Å². The Balaban J connectivity index is 1.32. The van der Waals surface area contributed by atoms with Gasteiger partial charge in [0.25, 0.3) is 0 Å². The minimum Gasteiger partial charge on any atom is -0.406 e. The Hall–Kier alpha value is -4.50. The van der Waals surface area contributed by atoms with Crippen molar-refractivity contribution in [1.29, 1.82) is 0 Å². The van der Waals surface area contributed by atoms with Gasteiger partial charge in [-0.2, -0.15) is 4.99 Å². The van der Waals surface area contributed by atoms with Crippen molar-refractivity contribution in [3.05, 3.63) is 105 Å². The third-order valence-corrected chi connectivity index (χ3v) is 8.92. The topological polar surface area (TPSA) is 91.6 Å². The maximum atomic E-state index is 14.4. The number of aliphatic imine (C=N–C) groups is 1. The fourth-order valence-electron chi connectivity index (χ4n) is 4.79. The molecule has 0 radical (unpaired) electrons. The van der Waals surface area contributed by atoms with E-state index in [1.54, 1.807) is 10.0 Å². The van der Waals surface area contributed by atoms with Crippen molar-refractivity contribution < 1.29 is 22.3 Å². The fraction of sp³-hybridized carbons (Fsp3) is 0.303. The monoisotopic (exact) mass is 699 g/mol. The normalized spacial score (nSPS) is 12.7. The lowest BCUT2D eigenvalue weighted by molar-refractivity contribution is -0.274. The molecule has 0 amide bonds. The number of halogens is 4. The van der Waals surface area contributed by atoms with Crippen LogP contribution in [0, 0.1) is 5.82 Å². The summed E-state index contributed by atoms with van der Waals surface area (Å²) in [5, 5.41) is 4.98. The summed E-state index contributed by atoms with van der Waals surface area (Å²) < 4.78 is 60.2. The summed E-state index contributed by atoms with van der Waals surface area (Å²) in [4.78, 5) is 27.7. The van der Waals surface area contributed by atoms with Crippen molar-refractivity contribution >= 4 is 28.5 Å². The zero-order chi connectivity index (χ0) is 34.4. The molecule has 0 aliphatic heterocycles. The van der Waals surface area contributed by atoms with E-state index in [0.717, 1.165) is 22.4 Å². The van der Waals surface area contributed by atoms with Crippen molar-refractivity contribution in [3.63, 3.8) is 0 Å². The molecule has 0 bridgehead atoms. The summed E-state index contributed by atoms with van der Waals surface area (Å²) in [7, 11) is 0. The fourth-order valence-corrected chi connectivity index (χ4v) is 6.31. The Morgan fingerprint density at radius 1 is 1.04 bits per heavy atom. The molecule has 252 valence electrons. The highest BCUT2D eigenvalue weighted by molar-refractivity contribution is 8.13. The van der Waals surface area contributed by atoms with Crippen LogP contribution in [0.4, 0.5) is 17.6 Å². The third-order valence-electron chi connectivity index (χ3n) is 7.08. The number of aromatic nitrogens is 5. The summed E-state index contributed by atoms with van der Waals surface area (Å²) in [5.41, 5.74) is 3.38. The highest BCUT2D eigenvalue weighted by Gasteiger charge is 2.31. The molecule has 0 N–H and O–H groups in total. The van der Waals surface area contributed by atoms with E-state index in [0.29, 0.717) is 46.7 Å². The number of alkyl halides is 3. The zero-order valence-electron chi connectivity index (χ0n) is 26.6. The molecule has 0 spiro atoms. The highest BCUT2D eigenvalue weighted by atomic mass is 32.2. The first-order chi connectivity index (χ1) is 23.0.